The van der Waals surface area contributed by atoms with Crippen molar-refractivity contribution in [2.24, 2.45) is 0 Å². The van der Waals surface area contributed by atoms with E-state index in [1.165, 1.54) is 10.5 Å². The summed E-state index contributed by atoms with van der Waals surface area (Å²) in [7, 11) is 0. The smallest absolute Gasteiger partial charge is 0.132 e. The second-order valence-corrected chi connectivity index (χ2v) is 6.25. The summed E-state index contributed by atoms with van der Waals surface area (Å²) < 4.78 is 5.34. The minimum atomic E-state index is 0.194. The maximum Gasteiger partial charge on any atom is 0.132 e. The zero-order valence-electron chi connectivity index (χ0n) is 11.8. The van der Waals surface area contributed by atoms with Crippen LogP contribution in [0.3, 0.4) is 0 Å². The largest absolute Gasteiger partial charge is 0.358 e. The van der Waals surface area contributed by atoms with Gasteiger partial charge in [-0.2, -0.15) is 0 Å². The fourth-order valence-electron chi connectivity index (χ4n) is 2.14. The summed E-state index contributed by atoms with van der Waals surface area (Å²) in [4.78, 5) is 3.67. The molecule has 0 radical (unpaired) electrons. The molecule has 2 saturated heterocycles. The van der Waals surface area contributed by atoms with E-state index in [-0.39, 0.29) is 5.72 Å². The summed E-state index contributed by atoms with van der Waals surface area (Å²) in [5.41, 5.74) is 1.61. The molecule has 0 spiro atoms. The average Bonchev–Trinajstić information content (AvgIpc) is 2.88. The molecule has 2 nitrogen and oxygen atoms in total. The van der Waals surface area contributed by atoms with Gasteiger partial charge in [-0.05, 0) is 36.8 Å². The summed E-state index contributed by atoms with van der Waals surface area (Å²) >= 11 is 1.79. The standard InChI is InChI=1S/C10H14S.C5H9NO/c1-8(2)9-4-6-10(11-3)7-5-9;1-5-4-6(5)2-3-7-5/h4-8H,1-3H3;2-4H2,1H3. The molecule has 1 aromatic carbocycles. The fourth-order valence-corrected chi connectivity index (χ4v) is 2.54. The van der Waals surface area contributed by atoms with Crippen molar-refractivity contribution in [3.05, 3.63) is 29.8 Å². The molecule has 2 fully saturated rings. The Morgan fingerprint density at radius 2 is 1.94 bits per heavy atom. The molecule has 2 aliphatic rings. The minimum absolute atomic E-state index is 0.194. The van der Waals surface area contributed by atoms with Gasteiger partial charge in [0.1, 0.15) is 5.72 Å². The number of rotatable bonds is 2. The van der Waals surface area contributed by atoms with Crippen molar-refractivity contribution >= 4 is 11.8 Å². The van der Waals surface area contributed by atoms with E-state index in [0.29, 0.717) is 5.92 Å². The fraction of sp³-hybridized carbons (Fsp3) is 0.600. The third-order valence-corrected chi connectivity index (χ3v) is 4.35. The number of hydrogen-bond donors (Lipinski definition) is 0. The number of benzene rings is 1. The van der Waals surface area contributed by atoms with Gasteiger partial charge < -0.3 is 4.74 Å². The molecule has 3 heteroatoms. The topological polar surface area (TPSA) is 12.2 Å². The Hall–Kier alpha value is -0.510. The lowest BCUT2D eigenvalue weighted by Gasteiger charge is -2.04. The van der Waals surface area contributed by atoms with Crippen molar-refractivity contribution in [3.8, 4) is 0 Å². The maximum absolute atomic E-state index is 5.34. The normalized spacial score (nSPS) is 28.6. The molecule has 3 rings (SSSR count). The Morgan fingerprint density at radius 3 is 2.22 bits per heavy atom. The van der Waals surface area contributed by atoms with E-state index in [0.717, 1.165) is 19.7 Å². The minimum Gasteiger partial charge on any atom is -0.358 e. The highest BCUT2D eigenvalue weighted by atomic mass is 32.2. The second kappa shape index (κ2) is 5.64. The van der Waals surface area contributed by atoms with Crippen molar-refractivity contribution in [2.75, 3.05) is 26.0 Å². The number of nitrogens with zero attached hydrogens (tertiary/aromatic N) is 1. The molecule has 0 amide bonds. The highest BCUT2D eigenvalue weighted by Crippen LogP contribution is 2.36. The molecule has 2 heterocycles. The first kappa shape index (κ1) is 13.9. The Labute approximate surface area is 115 Å². The molecule has 2 aliphatic heterocycles. The Morgan fingerprint density at radius 1 is 1.28 bits per heavy atom. The van der Waals surface area contributed by atoms with Crippen LogP contribution in [0.2, 0.25) is 0 Å². The van der Waals surface area contributed by atoms with Crippen LogP contribution in [-0.4, -0.2) is 36.6 Å². The van der Waals surface area contributed by atoms with Gasteiger partial charge in [0.25, 0.3) is 0 Å². The van der Waals surface area contributed by atoms with Gasteiger partial charge in [-0.1, -0.05) is 26.0 Å². The lowest BCUT2D eigenvalue weighted by molar-refractivity contribution is 0.0768. The van der Waals surface area contributed by atoms with Crippen LogP contribution >= 0.6 is 11.8 Å². The van der Waals surface area contributed by atoms with Gasteiger partial charge >= 0.3 is 0 Å². The van der Waals surface area contributed by atoms with Crippen LogP contribution in [0, 0.1) is 0 Å². The van der Waals surface area contributed by atoms with Gasteiger partial charge in [0, 0.05) is 18.0 Å². The molecular formula is C15H23NOS. The second-order valence-electron chi connectivity index (χ2n) is 5.37. The van der Waals surface area contributed by atoms with Gasteiger partial charge in [0.15, 0.2) is 0 Å². The molecule has 100 valence electrons. The Kier molecular flexibility index (Phi) is 4.36. The first-order chi connectivity index (χ1) is 8.55. The van der Waals surface area contributed by atoms with E-state index in [1.807, 2.05) is 0 Å². The predicted octanol–water partition coefficient (Wildman–Crippen LogP) is 3.58. The molecule has 0 N–H and O–H groups in total. The van der Waals surface area contributed by atoms with Crippen LogP contribution in [0.15, 0.2) is 29.2 Å². The van der Waals surface area contributed by atoms with Crippen molar-refractivity contribution in [3.63, 3.8) is 0 Å². The van der Waals surface area contributed by atoms with Gasteiger partial charge in [-0.3, -0.25) is 4.90 Å². The van der Waals surface area contributed by atoms with Crippen molar-refractivity contribution in [2.45, 2.75) is 37.3 Å². The molecule has 0 bridgehead atoms. The van der Waals surface area contributed by atoms with Crippen molar-refractivity contribution in [1.82, 2.24) is 4.90 Å². The number of hydrogen-bond acceptors (Lipinski definition) is 3. The van der Waals surface area contributed by atoms with E-state index < -0.39 is 0 Å². The third kappa shape index (κ3) is 3.28. The Balaban J connectivity index is 0.000000146. The zero-order chi connectivity index (χ0) is 13.2. The highest BCUT2D eigenvalue weighted by molar-refractivity contribution is 7.98. The number of morpholine rings is 1. The quantitative estimate of drug-likeness (QED) is 0.599. The molecule has 2 atom stereocenters. The average molecular weight is 265 g/mol. The van der Waals surface area contributed by atoms with Crippen LogP contribution < -0.4 is 0 Å². The maximum atomic E-state index is 5.34. The monoisotopic (exact) mass is 265 g/mol. The summed E-state index contributed by atoms with van der Waals surface area (Å²) in [5.74, 6) is 0.644. The van der Waals surface area contributed by atoms with Crippen LogP contribution in [0.5, 0.6) is 0 Å². The van der Waals surface area contributed by atoms with Gasteiger partial charge in [0.05, 0.1) is 6.61 Å². The van der Waals surface area contributed by atoms with Gasteiger partial charge in [-0.25, -0.2) is 0 Å². The van der Waals surface area contributed by atoms with E-state index in [1.54, 1.807) is 11.8 Å². The molecule has 2 unspecified atom stereocenters. The van der Waals surface area contributed by atoms with Crippen LogP contribution in [0.1, 0.15) is 32.3 Å². The van der Waals surface area contributed by atoms with E-state index in [4.69, 9.17) is 4.74 Å². The van der Waals surface area contributed by atoms with Crippen LogP contribution in [0.25, 0.3) is 0 Å². The lowest BCUT2D eigenvalue weighted by Crippen LogP contribution is -2.06. The summed E-state index contributed by atoms with van der Waals surface area (Å²) in [6.07, 6.45) is 2.10. The van der Waals surface area contributed by atoms with E-state index in [2.05, 4.69) is 56.2 Å². The highest BCUT2D eigenvalue weighted by Gasteiger charge is 2.52. The molecule has 1 aromatic rings. The molecule has 0 aromatic heterocycles. The number of ether oxygens (including phenoxy) is 1. The van der Waals surface area contributed by atoms with Crippen molar-refractivity contribution in [1.29, 1.82) is 0 Å². The molecule has 18 heavy (non-hydrogen) atoms. The van der Waals surface area contributed by atoms with E-state index >= 15 is 0 Å². The SMILES string of the molecule is CC12CN1CCO2.CSc1ccc(C(C)C)cc1. The molecule has 0 aliphatic carbocycles. The van der Waals surface area contributed by atoms with Crippen LogP contribution in [-0.2, 0) is 4.74 Å². The van der Waals surface area contributed by atoms with Crippen molar-refractivity contribution < 1.29 is 4.74 Å². The lowest BCUT2D eigenvalue weighted by atomic mass is 10.0. The number of thioether (sulfide) groups is 1. The first-order valence-electron chi connectivity index (χ1n) is 6.58. The van der Waals surface area contributed by atoms with Gasteiger partial charge in [0.2, 0.25) is 0 Å². The third-order valence-electron chi connectivity index (χ3n) is 3.61. The predicted molar refractivity (Wildman–Crippen MR) is 78.2 cm³/mol. The first-order valence-corrected chi connectivity index (χ1v) is 7.80. The summed E-state index contributed by atoms with van der Waals surface area (Å²) in [5, 5.41) is 0. The summed E-state index contributed by atoms with van der Waals surface area (Å²) in [6, 6.07) is 8.77. The van der Waals surface area contributed by atoms with Crippen LogP contribution in [0.4, 0.5) is 0 Å². The zero-order valence-corrected chi connectivity index (χ0v) is 12.6. The molecular weight excluding hydrogens is 242 g/mol. The Bertz CT molecular complexity index is 388. The molecule has 0 saturated carbocycles. The number of fused-ring (bicyclic) bond motifs is 1. The summed E-state index contributed by atoms with van der Waals surface area (Å²) in [6.45, 7) is 9.82. The van der Waals surface area contributed by atoms with E-state index in [9.17, 15) is 0 Å². The van der Waals surface area contributed by atoms with Gasteiger partial charge in [-0.15, -0.1) is 11.8 Å².